The van der Waals surface area contributed by atoms with Crippen LogP contribution < -0.4 is 0 Å². The van der Waals surface area contributed by atoms with Gasteiger partial charge in [-0.1, -0.05) is 19.4 Å². The largest absolute Gasteiger partial charge is 0.465 e. The van der Waals surface area contributed by atoms with Crippen molar-refractivity contribution in [2.45, 2.75) is 40.5 Å². The second-order valence-electron chi connectivity index (χ2n) is 3.63. The van der Waals surface area contributed by atoms with Gasteiger partial charge in [0.25, 0.3) is 0 Å². The van der Waals surface area contributed by atoms with E-state index in [4.69, 9.17) is 10.00 Å². The number of esters is 1. The second-order valence-corrected chi connectivity index (χ2v) is 3.63. The fourth-order valence-electron chi connectivity index (χ4n) is 1.14. The van der Waals surface area contributed by atoms with E-state index < -0.39 is 11.4 Å². The Hall–Kier alpha value is -1.30. The summed E-state index contributed by atoms with van der Waals surface area (Å²) in [6.07, 6.45) is 3.81. The van der Waals surface area contributed by atoms with Crippen molar-refractivity contribution in [2.75, 3.05) is 6.61 Å². The molecule has 0 heterocycles. The minimum Gasteiger partial charge on any atom is -0.465 e. The molecule has 0 radical (unpaired) electrons. The molecule has 3 nitrogen and oxygen atoms in total. The molecule has 0 saturated heterocycles. The standard InChI is InChI=1S/C12H19NO2/c1-5-7-8-10(3)12(4,9-13)11(14)15-6-2/h8H,5-7H2,1-4H3/b10-8+/t12-/m0/s1. The molecule has 0 bridgehead atoms. The summed E-state index contributed by atoms with van der Waals surface area (Å²) >= 11 is 0. The van der Waals surface area contributed by atoms with Gasteiger partial charge >= 0.3 is 5.97 Å². The zero-order chi connectivity index (χ0) is 11.9. The van der Waals surface area contributed by atoms with Gasteiger partial charge in [0.2, 0.25) is 0 Å². The fourth-order valence-corrected chi connectivity index (χ4v) is 1.14. The number of rotatable bonds is 5. The molecule has 0 aliphatic carbocycles. The number of carbonyl (C=O) groups excluding carboxylic acids is 1. The molecule has 3 heteroatoms. The SMILES string of the molecule is CCC/C=C(\C)[C@](C)(C#N)C(=O)OCC. The molecule has 0 aromatic carbocycles. The highest BCUT2D eigenvalue weighted by Crippen LogP contribution is 2.28. The normalized spacial score (nSPS) is 15.3. The van der Waals surface area contributed by atoms with Gasteiger partial charge in [-0.2, -0.15) is 5.26 Å². The van der Waals surface area contributed by atoms with Crippen LogP contribution in [0.15, 0.2) is 11.6 Å². The zero-order valence-corrected chi connectivity index (χ0v) is 9.96. The van der Waals surface area contributed by atoms with Gasteiger partial charge in [0.15, 0.2) is 5.41 Å². The van der Waals surface area contributed by atoms with Gasteiger partial charge in [-0.25, -0.2) is 4.79 Å². The van der Waals surface area contributed by atoms with Crippen LogP contribution >= 0.6 is 0 Å². The highest BCUT2D eigenvalue weighted by molar-refractivity contribution is 5.83. The highest BCUT2D eigenvalue weighted by atomic mass is 16.5. The maximum Gasteiger partial charge on any atom is 0.330 e. The number of nitriles is 1. The van der Waals surface area contributed by atoms with E-state index in [1.165, 1.54) is 0 Å². The zero-order valence-electron chi connectivity index (χ0n) is 9.96. The molecular weight excluding hydrogens is 190 g/mol. The lowest BCUT2D eigenvalue weighted by Gasteiger charge is -2.20. The number of ether oxygens (including phenoxy) is 1. The third-order valence-electron chi connectivity index (χ3n) is 2.44. The lowest BCUT2D eigenvalue weighted by Crippen LogP contribution is -2.29. The van der Waals surface area contributed by atoms with Gasteiger partial charge in [-0.3, -0.25) is 0 Å². The van der Waals surface area contributed by atoms with Gasteiger partial charge < -0.3 is 4.74 Å². The third kappa shape index (κ3) is 3.39. The lowest BCUT2D eigenvalue weighted by molar-refractivity contribution is -0.149. The molecule has 0 amide bonds. The van der Waals surface area contributed by atoms with Gasteiger partial charge in [-0.05, 0) is 32.8 Å². The first-order valence-electron chi connectivity index (χ1n) is 5.28. The quantitative estimate of drug-likeness (QED) is 0.516. The van der Waals surface area contributed by atoms with Crippen LogP contribution in [0.5, 0.6) is 0 Å². The monoisotopic (exact) mass is 209 g/mol. The Bertz CT molecular complexity index is 288. The highest BCUT2D eigenvalue weighted by Gasteiger charge is 2.36. The molecule has 0 saturated carbocycles. The van der Waals surface area contributed by atoms with Crippen LogP contribution in [0, 0.1) is 16.7 Å². The van der Waals surface area contributed by atoms with Crippen LogP contribution in [-0.4, -0.2) is 12.6 Å². The minimum atomic E-state index is -1.13. The Labute approximate surface area is 91.7 Å². The summed E-state index contributed by atoms with van der Waals surface area (Å²) in [5.41, 5.74) is -0.365. The van der Waals surface area contributed by atoms with E-state index in [0.29, 0.717) is 6.61 Å². The number of unbranched alkanes of at least 4 members (excludes halogenated alkanes) is 1. The first-order valence-corrected chi connectivity index (χ1v) is 5.28. The first kappa shape index (κ1) is 13.7. The summed E-state index contributed by atoms with van der Waals surface area (Å²) in [5, 5.41) is 9.06. The Morgan fingerprint density at radius 2 is 2.13 bits per heavy atom. The van der Waals surface area contributed by atoms with E-state index in [2.05, 4.69) is 6.92 Å². The molecule has 0 spiro atoms. The van der Waals surface area contributed by atoms with Crippen LogP contribution in [0.3, 0.4) is 0 Å². The van der Waals surface area contributed by atoms with Crippen LogP contribution in [0.25, 0.3) is 0 Å². The van der Waals surface area contributed by atoms with E-state index in [1.807, 2.05) is 12.1 Å². The van der Waals surface area contributed by atoms with Crippen molar-refractivity contribution in [3.05, 3.63) is 11.6 Å². The summed E-state index contributed by atoms with van der Waals surface area (Å²) in [5.74, 6) is -0.461. The van der Waals surface area contributed by atoms with Gasteiger partial charge in [-0.15, -0.1) is 0 Å². The van der Waals surface area contributed by atoms with Crippen molar-refractivity contribution in [2.24, 2.45) is 5.41 Å². The number of nitrogens with zero attached hydrogens (tertiary/aromatic N) is 1. The summed E-state index contributed by atoms with van der Waals surface area (Å²) in [6.45, 7) is 7.50. The van der Waals surface area contributed by atoms with E-state index >= 15 is 0 Å². The molecule has 0 aliphatic heterocycles. The lowest BCUT2D eigenvalue weighted by atomic mass is 9.84. The molecule has 15 heavy (non-hydrogen) atoms. The average Bonchev–Trinajstić information content (AvgIpc) is 2.24. The molecule has 1 atom stereocenters. The van der Waals surface area contributed by atoms with Crippen LogP contribution in [0.4, 0.5) is 0 Å². The summed E-state index contributed by atoms with van der Waals surface area (Å²) in [4.78, 5) is 11.6. The van der Waals surface area contributed by atoms with Gasteiger partial charge in [0.1, 0.15) is 0 Å². The number of allylic oxidation sites excluding steroid dienone is 1. The smallest absolute Gasteiger partial charge is 0.330 e. The van der Waals surface area contributed by atoms with Crippen LogP contribution in [-0.2, 0) is 9.53 Å². The van der Waals surface area contributed by atoms with E-state index in [0.717, 1.165) is 18.4 Å². The molecule has 0 rings (SSSR count). The predicted molar refractivity (Wildman–Crippen MR) is 59.0 cm³/mol. The minimum absolute atomic E-state index is 0.303. The third-order valence-corrected chi connectivity index (χ3v) is 2.44. The van der Waals surface area contributed by atoms with Gasteiger partial charge in [0.05, 0.1) is 12.7 Å². The van der Waals surface area contributed by atoms with Crippen molar-refractivity contribution in [3.8, 4) is 6.07 Å². The summed E-state index contributed by atoms with van der Waals surface area (Å²) in [7, 11) is 0. The number of hydrogen-bond acceptors (Lipinski definition) is 3. The molecular formula is C12H19NO2. The summed E-state index contributed by atoms with van der Waals surface area (Å²) < 4.78 is 4.90. The fraction of sp³-hybridized carbons (Fsp3) is 0.667. The molecule has 0 aromatic rings. The first-order chi connectivity index (χ1) is 7.02. The van der Waals surface area contributed by atoms with Crippen LogP contribution in [0.2, 0.25) is 0 Å². The average molecular weight is 209 g/mol. The molecule has 84 valence electrons. The van der Waals surface area contributed by atoms with Crippen molar-refractivity contribution < 1.29 is 9.53 Å². The molecule has 0 aliphatic rings. The molecule has 0 N–H and O–H groups in total. The predicted octanol–water partition coefficient (Wildman–Crippen LogP) is 2.83. The van der Waals surface area contributed by atoms with Gasteiger partial charge in [0, 0.05) is 0 Å². The molecule has 0 aromatic heterocycles. The van der Waals surface area contributed by atoms with Crippen LogP contribution in [0.1, 0.15) is 40.5 Å². The Balaban J connectivity index is 4.85. The van der Waals surface area contributed by atoms with E-state index in [1.54, 1.807) is 20.8 Å². The second kappa shape index (κ2) is 6.23. The van der Waals surface area contributed by atoms with E-state index in [9.17, 15) is 4.79 Å². The molecule has 0 fully saturated rings. The van der Waals surface area contributed by atoms with Crippen molar-refractivity contribution >= 4 is 5.97 Å². The molecule has 0 unspecified atom stereocenters. The van der Waals surface area contributed by atoms with Crippen molar-refractivity contribution in [1.82, 2.24) is 0 Å². The Morgan fingerprint density at radius 1 is 1.53 bits per heavy atom. The van der Waals surface area contributed by atoms with E-state index in [-0.39, 0.29) is 0 Å². The number of hydrogen-bond donors (Lipinski definition) is 0. The summed E-state index contributed by atoms with van der Waals surface area (Å²) in [6, 6.07) is 2.03. The Morgan fingerprint density at radius 3 is 2.53 bits per heavy atom. The topological polar surface area (TPSA) is 50.1 Å². The van der Waals surface area contributed by atoms with Crippen molar-refractivity contribution in [3.63, 3.8) is 0 Å². The maximum atomic E-state index is 11.6. The Kier molecular flexibility index (Phi) is 5.69. The number of carbonyl (C=O) groups is 1. The van der Waals surface area contributed by atoms with Crippen molar-refractivity contribution in [1.29, 1.82) is 5.26 Å². The maximum absolute atomic E-state index is 11.6.